The molecule has 1 rings (SSSR count). The fourth-order valence-electron chi connectivity index (χ4n) is 1.14. The van der Waals surface area contributed by atoms with Crippen molar-refractivity contribution in [1.82, 2.24) is 5.32 Å². The van der Waals surface area contributed by atoms with Crippen molar-refractivity contribution in [1.29, 1.82) is 0 Å². The molecule has 1 aromatic carbocycles. The summed E-state index contributed by atoms with van der Waals surface area (Å²) in [5.41, 5.74) is 0.835. The minimum atomic E-state index is -4.66. The van der Waals surface area contributed by atoms with Crippen LogP contribution in [0.4, 0.5) is 13.2 Å². The zero-order valence-electron chi connectivity index (χ0n) is 9.21. The third-order valence-corrected chi connectivity index (χ3v) is 2.02. The Hall–Kier alpha value is -1.67. The van der Waals surface area contributed by atoms with Crippen molar-refractivity contribution < 1.29 is 17.9 Å². The van der Waals surface area contributed by atoms with Gasteiger partial charge in [-0.3, -0.25) is 5.32 Å². The van der Waals surface area contributed by atoms with E-state index in [9.17, 15) is 13.2 Å². The van der Waals surface area contributed by atoms with E-state index in [1.54, 1.807) is 12.1 Å². The molecule has 92 valence electrons. The average Bonchev–Trinajstić information content (AvgIpc) is 2.25. The number of halogens is 3. The maximum Gasteiger partial charge on any atom is 0.573 e. The largest absolute Gasteiger partial charge is 0.573 e. The second-order valence-corrected chi connectivity index (χ2v) is 3.46. The van der Waals surface area contributed by atoms with E-state index in [0.717, 1.165) is 5.56 Å². The van der Waals surface area contributed by atoms with Gasteiger partial charge in [-0.25, -0.2) is 0 Å². The Morgan fingerprint density at radius 3 is 2.41 bits per heavy atom. The van der Waals surface area contributed by atoms with Crippen molar-refractivity contribution in [2.45, 2.75) is 25.9 Å². The fraction of sp³-hybridized carbons (Fsp3) is 0.333. The lowest BCUT2D eigenvalue weighted by Gasteiger charge is -2.10. The molecule has 0 bridgehead atoms. The first-order chi connectivity index (χ1) is 7.90. The molecule has 0 aliphatic heterocycles. The smallest absolute Gasteiger partial charge is 0.406 e. The molecule has 1 unspecified atom stereocenters. The van der Waals surface area contributed by atoms with Gasteiger partial charge in [-0.15, -0.1) is 19.6 Å². The van der Waals surface area contributed by atoms with Crippen molar-refractivity contribution in [3.8, 4) is 18.1 Å². The predicted octanol–water partition coefficient (Wildman–Crippen LogP) is 2.70. The molecule has 0 spiro atoms. The summed E-state index contributed by atoms with van der Waals surface area (Å²) in [4.78, 5) is 0. The standard InChI is InChI=1S/C12H12F3NO/c1-3-9(2)16-8-10-4-6-11(7-5-10)17-12(13,14)15/h1,4-7,9,16H,8H2,2H3. The first kappa shape index (κ1) is 13.4. The summed E-state index contributed by atoms with van der Waals surface area (Å²) in [5.74, 6) is 2.26. The van der Waals surface area contributed by atoms with E-state index in [2.05, 4.69) is 16.0 Å². The van der Waals surface area contributed by atoms with Crippen LogP contribution in [0.2, 0.25) is 0 Å². The SMILES string of the molecule is C#CC(C)NCc1ccc(OC(F)(F)F)cc1. The Morgan fingerprint density at radius 1 is 1.35 bits per heavy atom. The molecule has 1 aromatic rings. The Labute approximate surface area is 97.8 Å². The van der Waals surface area contributed by atoms with Gasteiger partial charge in [0.05, 0.1) is 6.04 Å². The van der Waals surface area contributed by atoms with Gasteiger partial charge in [-0.1, -0.05) is 18.1 Å². The third kappa shape index (κ3) is 5.27. The first-order valence-corrected chi connectivity index (χ1v) is 4.95. The number of benzene rings is 1. The summed E-state index contributed by atoms with van der Waals surface area (Å²) >= 11 is 0. The van der Waals surface area contributed by atoms with E-state index in [1.807, 2.05) is 6.92 Å². The maximum atomic E-state index is 11.9. The van der Waals surface area contributed by atoms with Gasteiger partial charge < -0.3 is 4.74 Å². The average molecular weight is 243 g/mol. The van der Waals surface area contributed by atoms with Crippen molar-refractivity contribution in [3.05, 3.63) is 29.8 Å². The van der Waals surface area contributed by atoms with Gasteiger partial charge >= 0.3 is 6.36 Å². The molecule has 5 heteroatoms. The topological polar surface area (TPSA) is 21.3 Å². The molecule has 0 aliphatic rings. The highest BCUT2D eigenvalue weighted by atomic mass is 19.4. The molecular formula is C12H12F3NO. The molecule has 0 amide bonds. The van der Waals surface area contributed by atoms with Crippen LogP contribution < -0.4 is 10.1 Å². The number of ether oxygens (including phenoxy) is 1. The van der Waals surface area contributed by atoms with Gasteiger partial charge in [0.1, 0.15) is 5.75 Å². The van der Waals surface area contributed by atoms with Crippen molar-refractivity contribution in [2.24, 2.45) is 0 Å². The maximum absolute atomic E-state index is 11.9. The second kappa shape index (κ2) is 5.60. The summed E-state index contributed by atoms with van der Waals surface area (Å²) in [6.07, 6.45) is 0.517. The van der Waals surface area contributed by atoms with E-state index in [4.69, 9.17) is 6.42 Å². The molecule has 2 nitrogen and oxygen atoms in total. The highest BCUT2D eigenvalue weighted by Gasteiger charge is 2.30. The molecule has 0 saturated carbocycles. The van der Waals surface area contributed by atoms with Gasteiger partial charge in [0.25, 0.3) is 0 Å². The lowest BCUT2D eigenvalue weighted by atomic mass is 10.2. The third-order valence-electron chi connectivity index (χ3n) is 2.02. The Balaban J connectivity index is 2.54. The summed E-state index contributed by atoms with van der Waals surface area (Å²) in [5, 5.41) is 3.02. The lowest BCUT2D eigenvalue weighted by molar-refractivity contribution is -0.274. The fourth-order valence-corrected chi connectivity index (χ4v) is 1.14. The van der Waals surface area contributed by atoms with Gasteiger partial charge in [0.2, 0.25) is 0 Å². The summed E-state index contributed by atoms with van der Waals surface area (Å²) in [6.45, 7) is 2.32. The van der Waals surface area contributed by atoms with Crippen LogP contribution in [-0.2, 0) is 6.54 Å². The highest BCUT2D eigenvalue weighted by molar-refractivity contribution is 5.27. The Kier molecular flexibility index (Phi) is 4.41. The zero-order chi connectivity index (χ0) is 12.9. The van der Waals surface area contributed by atoms with E-state index in [0.29, 0.717) is 6.54 Å². The molecule has 0 radical (unpaired) electrons. The molecular weight excluding hydrogens is 231 g/mol. The number of hydrogen-bond donors (Lipinski definition) is 1. The normalized spacial score (nSPS) is 12.9. The molecule has 0 fully saturated rings. The Morgan fingerprint density at radius 2 is 1.94 bits per heavy atom. The van der Waals surface area contributed by atoms with Crippen LogP contribution in [0.1, 0.15) is 12.5 Å². The van der Waals surface area contributed by atoms with E-state index < -0.39 is 6.36 Å². The monoisotopic (exact) mass is 243 g/mol. The molecule has 1 atom stereocenters. The van der Waals surface area contributed by atoms with Gasteiger partial charge in [0.15, 0.2) is 0 Å². The minimum absolute atomic E-state index is 0.0823. The quantitative estimate of drug-likeness (QED) is 0.821. The lowest BCUT2D eigenvalue weighted by Crippen LogP contribution is -2.23. The van der Waals surface area contributed by atoms with Gasteiger partial charge in [-0.2, -0.15) is 0 Å². The van der Waals surface area contributed by atoms with Crippen molar-refractivity contribution >= 4 is 0 Å². The zero-order valence-corrected chi connectivity index (χ0v) is 9.21. The first-order valence-electron chi connectivity index (χ1n) is 4.95. The summed E-state index contributed by atoms with van der Waals surface area (Å²) < 4.78 is 39.4. The Bertz CT molecular complexity index is 392. The van der Waals surface area contributed by atoms with E-state index in [1.165, 1.54) is 12.1 Å². The molecule has 0 aromatic heterocycles. The van der Waals surface area contributed by atoms with Crippen LogP contribution in [0.3, 0.4) is 0 Å². The van der Waals surface area contributed by atoms with Crippen LogP contribution in [0.25, 0.3) is 0 Å². The number of rotatable bonds is 4. The molecule has 1 N–H and O–H groups in total. The molecule has 0 aliphatic carbocycles. The van der Waals surface area contributed by atoms with Crippen LogP contribution in [0.5, 0.6) is 5.75 Å². The number of terminal acetylenes is 1. The summed E-state index contributed by atoms with van der Waals surface area (Å²) in [7, 11) is 0. The second-order valence-electron chi connectivity index (χ2n) is 3.46. The predicted molar refractivity (Wildman–Crippen MR) is 58.3 cm³/mol. The van der Waals surface area contributed by atoms with Crippen LogP contribution in [-0.4, -0.2) is 12.4 Å². The summed E-state index contributed by atoms with van der Waals surface area (Å²) in [6, 6.07) is 5.56. The van der Waals surface area contributed by atoms with Crippen molar-refractivity contribution in [2.75, 3.05) is 0 Å². The van der Waals surface area contributed by atoms with Crippen LogP contribution in [0.15, 0.2) is 24.3 Å². The van der Waals surface area contributed by atoms with Gasteiger partial charge in [-0.05, 0) is 24.6 Å². The number of hydrogen-bond acceptors (Lipinski definition) is 2. The highest BCUT2D eigenvalue weighted by Crippen LogP contribution is 2.22. The van der Waals surface area contributed by atoms with Crippen molar-refractivity contribution in [3.63, 3.8) is 0 Å². The molecule has 0 saturated heterocycles. The number of alkyl halides is 3. The van der Waals surface area contributed by atoms with Gasteiger partial charge in [0, 0.05) is 6.54 Å². The van der Waals surface area contributed by atoms with Crippen LogP contribution in [0, 0.1) is 12.3 Å². The number of nitrogens with one attached hydrogen (secondary N) is 1. The minimum Gasteiger partial charge on any atom is -0.406 e. The molecule has 0 heterocycles. The molecule has 17 heavy (non-hydrogen) atoms. The van der Waals surface area contributed by atoms with Crippen LogP contribution >= 0.6 is 0 Å². The van der Waals surface area contributed by atoms with E-state index in [-0.39, 0.29) is 11.8 Å². The van der Waals surface area contributed by atoms with E-state index >= 15 is 0 Å².